The quantitative estimate of drug-likeness (QED) is 0.327. The summed E-state index contributed by atoms with van der Waals surface area (Å²) in [7, 11) is 0. The van der Waals surface area contributed by atoms with Gasteiger partial charge in [-0.3, -0.25) is 0 Å². The Kier molecular flexibility index (Phi) is 4.61. The Hall–Kier alpha value is -4.25. The van der Waals surface area contributed by atoms with Crippen molar-refractivity contribution in [1.29, 1.82) is 0 Å². The molecule has 36 heavy (non-hydrogen) atoms. The van der Waals surface area contributed by atoms with E-state index in [0.717, 1.165) is 58.2 Å². The van der Waals surface area contributed by atoms with E-state index in [1.165, 1.54) is 12.8 Å². The Morgan fingerprint density at radius 1 is 0.806 bits per heavy atom. The highest BCUT2D eigenvalue weighted by atomic mass is 16.6. The van der Waals surface area contributed by atoms with Gasteiger partial charge in [0.25, 0.3) is 0 Å². The average Bonchev–Trinajstić information content (AvgIpc) is 3.54. The molecule has 0 bridgehead atoms. The third-order valence-electron chi connectivity index (χ3n) is 7.57. The lowest BCUT2D eigenvalue weighted by atomic mass is 9.77. The smallest absolute Gasteiger partial charge is 0.340 e. The molecule has 1 atom stereocenters. The number of fused-ring (bicyclic) bond motifs is 6. The Labute approximate surface area is 210 Å². The molecule has 1 fully saturated rings. The van der Waals surface area contributed by atoms with E-state index in [4.69, 9.17) is 9.47 Å². The molecule has 1 saturated heterocycles. The molecular formula is C31H26N2O3. The van der Waals surface area contributed by atoms with Crippen molar-refractivity contribution < 1.29 is 14.3 Å². The summed E-state index contributed by atoms with van der Waals surface area (Å²) in [5.41, 5.74) is 6.18. The number of carbonyl (C=O) groups is 1. The van der Waals surface area contributed by atoms with Crippen molar-refractivity contribution in [2.24, 2.45) is 0 Å². The Balaban J connectivity index is 1.44. The molecule has 4 aromatic rings. The summed E-state index contributed by atoms with van der Waals surface area (Å²) in [6.07, 6.45) is 2.40. The lowest BCUT2D eigenvalue weighted by molar-refractivity contribution is 0.0224. The SMILES string of the molecule is Cc1cc2c(cc1Nc1ccccc1)C1(OC(=O)c3ccccc31)c1ccc(N3CCCC3)cc1O2. The van der Waals surface area contributed by atoms with Gasteiger partial charge in [0.05, 0.1) is 5.56 Å². The molecule has 5 nitrogen and oxygen atoms in total. The maximum Gasteiger partial charge on any atom is 0.340 e. The van der Waals surface area contributed by atoms with E-state index >= 15 is 0 Å². The minimum atomic E-state index is -1.07. The highest BCUT2D eigenvalue weighted by Gasteiger charge is 2.53. The minimum absolute atomic E-state index is 0.314. The van der Waals surface area contributed by atoms with Gasteiger partial charge in [-0.15, -0.1) is 0 Å². The van der Waals surface area contributed by atoms with Gasteiger partial charge in [0.15, 0.2) is 5.60 Å². The second kappa shape index (κ2) is 7.89. The molecule has 178 valence electrons. The second-order valence-electron chi connectivity index (χ2n) is 9.75. The lowest BCUT2D eigenvalue weighted by Crippen LogP contribution is -2.33. The molecular weight excluding hydrogens is 448 g/mol. The monoisotopic (exact) mass is 474 g/mol. The number of ether oxygens (including phenoxy) is 2. The van der Waals surface area contributed by atoms with Crippen molar-refractivity contribution in [2.45, 2.75) is 25.4 Å². The van der Waals surface area contributed by atoms with E-state index in [1.54, 1.807) is 0 Å². The minimum Gasteiger partial charge on any atom is -0.456 e. The highest BCUT2D eigenvalue weighted by Crippen LogP contribution is 2.57. The lowest BCUT2D eigenvalue weighted by Gasteiger charge is -2.37. The highest BCUT2D eigenvalue weighted by molar-refractivity contribution is 5.97. The van der Waals surface area contributed by atoms with Crippen molar-refractivity contribution in [1.82, 2.24) is 0 Å². The number of aryl methyl sites for hydroxylation is 1. The number of para-hydroxylation sites is 1. The molecule has 0 saturated carbocycles. The van der Waals surface area contributed by atoms with Gasteiger partial charge in [0, 0.05) is 52.9 Å². The molecule has 4 aromatic carbocycles. The number of hydrogen-bond acceptors (Lipinski definition) is 5. The second-order valence-corrected chi connectivity index (χ2v) is 9.75. The molecule has 0 radical (unpaired) electrons. The van der Waals surface area contributed by atoms with Crippen molar-refractivity contribution in [3.05, 3.63) is 113 Å². The van der Waals surface area contributed by atoms with Gasteiger partial charge >= 0.3 is 5.97 Å². The van der Waals surface area contributed by atoms with Crippen molar-refractivity contribution in [3.63, 3.8) is 0 Å². The molecule has 1 unspecified atom stereocenters. The van der Waals surface area contributed by atoms with Crippen LogP contribution in [0.25, 0.3) is 0 Å². The number of anilines is 3. The topological polar surface area (TPSA) is 50.8 Å². The molecule has 3 aliphatic heterocycles. The zero-order valence-corrected chi connectivity index (χ0v) is 20.1. The van der Waals surface area contributed by atoms with Crippen LogP contribution in [0.15, 0.2) is 84.9 Å². The Morgan fingerprint density at radius 2 is 1.56 bits per heavy atom. The average molecular weight is 475 g/mol. The number of nitrogens with zero attached hydrogens (tertiary/aromatic N) is 1. The van der Waals surface area contributed by atoms with Crippen LogP contribution in [-0.2, 0) is 10.3 Å². The molecule has 0 aliphatic carbocycles. The third-order valence-corrected chi connectivity index (χ3v) is 7.57. The van der Waals surface area contributed by atoms with E-state index < -0.39 is 5.60 Å². The number of nitrogens with one attached hydrogen (secondary N) is 1. The fourth-order valence-electron chi connectivity index (χ4n) is 5.79. The standard InChI is InChI=1S/C31H26N2O3/c1-20-17-28-26(19-27(20)32-21-9-3-2-4-10-21)31(24-12-6-5-11-23(24)30(34)36-31)25-14-13-22(18-29(25)35-28)33-15-7-8-16-33/h2-6,9-14,17-19,32H,7-8,15-16H2,1H3. The van der Waals surface area contributed by atoms with E-state index in [9.17, 15) is 4.79 Å². The number of hydrogen-bond donors (Lipinski definition) is 1. The summed E-state index contributed by atoms with van der Waals surface area (Å²) in [4.78, 5) is 15.6. The van der Waals surface area contributed by atoms with E-state index in [0.29, 0.717) is 11.3 Å². The van der Waals surface area contributed by atoms with Gasteiger partial charge in [-0.25, -0.2) is 4.79 Å². The normalized spacial score (nSPS) is 19.4. The molecule has 3 heterocycles. The number of rotatable bonds is 3. The van der Waals surface area contributed by atoms with Gasteiger partial charge in [0.1, 0.15) is 11.5 Å². The van der Waals surface area contributed by atoms with Crippen LogP contribution in [0.2, 0.25) is 0 Å². The van der Waals surface area contributed by atoms with Crippen LogP contribution in [-0.4, -0.2) is 19.1 Å². The summed E-state index contributed by atoms with van der Waals surface area (Å²) in [5.74, 6) is 1.13. The number of benzene rings is 4. The predicted molar refractivity (Wildman–Crippen MR) is 141 cm³/mol. The maximum atomic E-state index is 13.2. The molecule has 3 aliphatic rings. The summed E-state index contributed by atoms with van der Waals surface area (Å²) < 4.78 is 12.9. The fraction of sp³-hybridized carbons (Fsp3) is 0.194. The molecule has 1 N–H and O–H groups in total. The van der Waals surface area contributed by atoms with Gasteiger partial charge < -0.3 is 19.7 Å². The molecule has 1 spiro atoms. The molecule has 0 aromatic heterocycles. The maximum absolute atomic E-state index is 13.2. The zero-order chi connectivity index (χ0) is 24.3. The first kappa shape index (κ1) is 21.1. The van der Waals surface area contributed by atoms with Crippen LogP contribution in [0.3, 0.4) is 0 Å². The van der Waals surface area contributed by atoms with E-state index in [1.807, 2.05) is 60.7 Å². The molecule has 7 rings (SSSR count). The molecule has 0 amide bonds. The first-order valence-electron chi connectivity index (χ1n) is 12.5. The van der Waals surface area contributed by atoms with Crippen molar-refractivity contribution >= 4 is 23.0 Å². The summed E-state index contributed by atoms with van der Waals surface area (Å²) in [5, 5.41) is 3.53. The summed E-state index contributed by atoms with van der Waals surface area (Å²) >= 11 is 0. The Morgan fingerprint density at radius 3 is 2.39 bits per heavy atom. The van der Waals surface area contributed by atoms with Crippen molar-refractivity contribution in [3.8, 4) is 11.5 Å². The van der Waals surface area contributed by atoms with Crippen LogP contribution in [0.5, 0.6) is 11.5 Å². The van der Waals surface area contributed by atoms with Crippen LogP contribution in [0.1, 0.15) is 45.5 Å². The third kappa shape index (κ3) is 3.05. The van der Waals surface area contributed by atoms with Crippen molar-refractivity contribution in [2.75, 3.05) is 23.3 Å². The Bertz CT molecular complexity index is 1510. The van der Waals surface area contributed by atoms with Gasteiger partial charge in [-0.1, -0.05) is 36.4 Å². The van der Waals surface area contributed by atoms with Crippen LogP contribution in [0.4, 0.5) is 17.1 Å². The summed E-state index contributed by atoms with van der Waals surface area (Å²) in [6, 6.07) is 28.2. The van der Waals surface area contributed by atoms with Gasteiger partial charge in [0.2, 0.25) is 0 Å². The van der Waals surface area contributed by atoms with Crippen LogP contribution >= 0.6 is 0 Å². The first-order valence-corrected chi connectivity index (χ1v) is 12.5. The van der Waals surface area contributed by atoms with Gasteiger partial charge in [-0.2, -0.15) is 0 Å². The predicted octanol–water partition coefficient (Wildman–Crippen LogP) is 6.91. The van der Waals surface area contributed by atoms with Gasteiger partial charge in [-0.05, 0) is 67.8 Å². The zero-order valence-electron chi connectivity index (χ0n) is 20.1. The fourth-order valence-corrected chi connectivity index (χ4v) is 5.79. The summed E-state index contributed by atoms with van der Waals surface area (Å²) in [6.45, 7) is 4.16. The van der Waals surface area contributed by atoms with Crippen LogP contribution in [0, 0.1) is 6.92 Å². The first-order chi connectivity index (χ1) is 17.6. The molecule has 5 heteroatoms. The number of carbonyl (C=O) groups excluding carboxylic acids is 1. The van der Waals surface area contributed by atoms with E-state index in [-0.39, 0.29) is 5.97 Å². The van der Waals surface area contributed by atoms with Crippen LogP contribution < -0.4 is 15.0 Å². The van der Waals surface area contributed by atoms with E-state index in [2.05, 4.69) is 41.4 Å². The largest absolute Gasteiger partial charge is 0.456 e. The number of esters is 1.